The lowest BCUT2D eigenvalue weighted by Gasteiger charge is -2.36. The van der Waals surface area contributed by atoms with Crippen molar-refractivity contribution in [2.24, 2.45) is 0 Å². The van der Waals surface area contributed by atoms with Crippen LogP contribution in [0.4, 0.5) is 10.5 Å². The predicted octanol–water partition coefficient (Wildman–Crippen LogP) is 3.34. The number of carbonyl (C=O) groups excluding carboxylic acids is 1. The maximum absolute atomic E-state index is 12.4. The molecular formula is C20H25N3O. The fourth-order valence-corrected chi connectivity index (χ4v) is 3.18. The second kappa shape index (κ2) is 7.39. The van der Waals surface area contributed by atoms with E-state index < -0.39 is 0 Å². The number of hydrogen-bond donors (Lipinski definition) is 1. The van der Waals surface area contributed by atoms with E-state index in [1.807, 2.05) is 17.0 Å². The van der Waals surface area contributed by atoms with E-state index >= 15 is 0 Å². The number of anilines is 1. The molecule has 0 saturated carbocycles. The monoisotopic (exact) mass is 323 g/mol. The Labute approximate surface area is 144 Å². The van der Waals surface area contributed by atoms with Gasteiger partial charge in [-0.1, -0.05) is 48.0 Å². The quantitative estimate of drug-likeness (QED) is 0.940. The van der Waals surface area contributed by atoms with E-state index in [0.29, 0.717) is 6.54 Å². The largest absolute Gasteiger partial charge is 0.368 e. The zero-order valence-corrected chi connectivity index (χ0v) is 14.5. The molecule has 24 heavy (non-hydrogen) atoms. The van der Waals surface area contributed by atoms with Crippen LogP contribution in [-0.4, -0.2) is 37.1 Å². The molecule has 0 aromatic heterocycles. The summed E-state index contributed by atoms with van der Waals surface area (Å²) in [5.41, 5.74) is 4.92. The first-order chi connectivity index (χ1) is 11.6. The number of nitrogens with zero attached hydrogens (tertiary/aromatic N) is 2. The third-order valence-corrected chi connectivity index (χ3v) is 4.55. The number of aryl methyl sites for hydroxylation is 2. The Morgan fingerprint density at radius 2 is 1.75 bits per heavy atom. The molecule has 1 heterocycles. The number of nitrogens with one attached hydrogen (secondary N) is 1. The van der Waals surface area contributed by atoms with Gasteiger partial charge in [-0.25, -0.2) is 4.79 Å². The molecule has 0 atom stereocenters. The highest BCUT2D eigenvalue weighted by atomic mass is 16.2. The van der Waals surface area contributed by atoms with Crippen molar-refractivity contribution in [3.8, 4) is 0 Å². The molecule has 2 aromatic carbocycles. The highest BCUT2D eigenvalue weighted by Crippen LogP contribution is 2.20. The van der Waals surface area contributed by atoms with Crippen LogP contribution in [0.2, 0.25) is 0 Å². The number of para-hydroxylation sites is 1. The van der Waals surface area contributed by atoms with Crippen molar-refractivity contribution >= 4 is 11.7 Å². The van der Waals surface area contributed by atoms with Crippen molar-refractivity contribution in [2.45, 2.75) is 20.4 Å². The summed E-state index contributed by atoms with van der Waals surface area (Å²) >= 11 is 0. The fraction of sp³-hybridized carbons (Fsp3) is 0.350. The highest BCUT2D eigenvalue weighted by Gasteiger charge is 2.21. The van der Waals surface area contributed by atoms with Gasteiger partial charge in [0.25, 0.3) is 0 Å². The lowest BCUT2D eigenvalue weighted by atomic mass is 10.1. The minimum Gasteiger partial charge on any atom is -0.368 e. The molecule has 3 rings (SSSR count). The van der Waals surface area contributed by atoms with Gasteiger partial charge < -0.3 is 15.1 Å². The lowest BCUT2D eigenvalue weighted by Crippen LogP contribution is -2.51. The Kier molecular flexibility index (Phi) is 5.04. The summed E-state index contributed by atoms with van der Waals surface area (Å²) in [5, 5.41) is 3.03. The van der Waals surface area contributed by atoms with E-state index in [1.54, 1.807) is 0 Å². The summed E-state index contributed by atoms with van der Waals surface area (Å²) in [4.78, 5) is 16.6. The maximum atomic E-state index is 12.4. The molecule has 0 spiro atoms. The summed E-state index contributed by atoms with van der Waals surface area (Å²) in [6.45, 7) is 8.05. The maximum Gasteiger partial charge on any atom is 0.317 e. The van der Waals surface area contributed by atoms with E-state index in [1.165, 1.54) is 16.8 Å². The Morgan fingerprint density at radius 3 is 2.46 bits per heavy atom. The van der Waals surface area contributed by atoms with Crippen LogP contribution in [0, 0.1) is 13.8 Å². The molecule has 2 amide bonds. The molecule has 0 aliphatic carbocycles. The summed E-state index contributed by atoms with van der Waals surface area (Å²) in [7, 11) is 0. The molecule has 2 aromatic rings. The van der Waals surface area contributed by atoms with Gasteiger partial charge in [0.1, 0.15) is 0 Å². The van der Waals surface area contributed by atoms with Crippen LogP contribution in [-0.2, 0) is 6.54 Å². The molecule has 4 nitrogen and oxygen atoms in total. The summed E-state index contributed by atoms with van der Waals surface area (Å²) in [6, 6.07) is 16.7. The lowest BCUT2D eigenvalue weighted by molar-refractivity contribution is 0.194. The molecule has 1 aliphatic heterocycles. The normalized spacial score (nSPS) is 14.6. The summed E-state index contributed by atoms with van der Waals surface area (Å²) in [5.74, 6) is 0. The van der Waals surface area contributed by atoms with Gasteiger partial charge in [-0.3, -0.25) is 0 Å². The number of amides is 2. The van der Waals surface area contributed by atoms with Crippen molar-refractivity contribution in [3.05, 3.63) is 65.2 Å². The summed E-state index contributed by atoms with van der Waals surface area (Å²) in [6.07, 6.45) is 0. The topological polar surface area (TPSA) is 35.6 Å². The van der Waals surface area contributed by atoms with Crippen LogP contribution >= 0.6 is 0 Å². The van der Waals surface area contributed by atoms with E-state index in [0.717, 1.165) is 31.7 Å². The second-order valence-corrected chi connectivity index (χ2v) is 6.41. The molecule has 0 bridgehead atoms. The van der Waals surface area contributed by atoms with Gasteiger partial charge in [0.05, 0.1) is 0 Å². The van der Waals surface area contributed by atoms with Gasteiger partial charge >= 0.3 is 6.03 Å². The average Bonchev–Trinajstić information content (AvgIpc) is 2.60. The predicted molar refractivity (Wildman–Crippen MR) is 98.4 cm³/mol. The van der Waals surface area contributed by atoms with E-state index in [9.17, 15) is 4.79 Å². The minimum atomic E-state index is 0.0286. The first kappa shape index (κ1) is 16.4. The SMILES string of the molecule is Cc1cccc(CNC(=O)N2CCN(c3ccccc3C)CC2)c1. The van der Waals surface area contributed by atoms with Gasteiger partial charge in [0.15, 0.2) is 0 Å². The average molecular weight is 323 g/mol. The zero-order chi connectivity index (χ0) is 16.9. The number of carbonyl (C=O) groups is 1. The molecule has 1 saturated heterocycles. The van der Waals surface area contributed by atoms with Crippen LogP contribution in [0.15, 0.2) is 48.5 Å². The third-order valence-electron chi connectivity index (χ3n) is 4.55. The molecular weight excluding hydrogens is 298 g/mol. The van der Waals surface area contributed by atoms with Crippen LogP contribution in [0.3, 0.4) is 0 Å². The second-order valence-electron chi connectivity index (χ2n) is 6.41. The molecule has 126 valence electrons. The van der Waals surface area contributed by atoms with Crippen LogP contribution in [0.5, 0.6) is 0 Å². The number of benzene rings is 2. The Bertz CT molecular complexity index is 706. The standard InChI is InChI=1S/C20H25N3O/c1-16-6-5-8-18(14-16)15-21-20(24)23-12-10-22(11-13-23)19-9-4-3-7-17(19)2/h3-9,14H,10-13,15H2,1-2H3,(H,21,24). The van der Waals surface area contributed by atoms with Gasteiger partial charge in [-0.2, -0.15) is 0 Å². The number of hydrogen-bond acceptors (Lipinski definition) is 2. The number of rotatable bonds is 3. The van der Waals surface area contributed by atoms with E-state index in [4.69, 9.17) is 0 Å². The van der Waals surface area contributed by atoms with Crippen molar-refractivity contribution in [1.29, 1.82) is 0 Å². The number of urea groups is 1. The minimum absolute atomic E-state index is 0.0286. The van der Waals surface area contributed by atoms with E-state index in [-0.39, 0.29) is 6.03 Å². The highest BCUT2D eigenvalue weighted by molar-refractivity contribution is 5.74. The van der Waals surface area contributed by atoms with Crippen molar-refractivity contribution in [1.82, 2.24) is 10.2 Å². The molecule has 1 N–H and O–H groups in total. The van der Waals surface area contributed by atoms with Crippen molar-refractivity contribution < 1.29 is 4.79 Å². The third kappa shape index (κ3) is 3.88. The van der Waals surface area contributed by atoms with Crippen molar-refractivity contribution in [2.75, 3.05) is 31.1 Å². The molecule has 0 unspecified atom stereocenters. The fourth-order valence-electron chi connectivity index (χ4n) is 3.18. The Morgan fingerprint density at radius 1 is 1.00 bits per heavy atom. The van der Waals surface area contributed by atoms with Gasteiger partial charge in [-0.15, -0.1) is 0 Å². The zero-order valence-electron chi connectivity index (χ0n) is 14.5. The van der Waals surface area contributed by atoms with Crippen LogP contribution in [0.25, 0.3) is 0 Å². The first-order valence-electron chi connectivity index (χ1n) is 8.52. The summed E-state index contributed by atoms with van der Waals surface area (Å²) < 4.78 is 0. The smallest absolute Gasteiger partial charge is 0.317 e. The number of piperazine rings is 1. The van der Waals surface area contributed by atoms with Crippen LogP contribution in [0.1, 0.15) is 16.7 Å². The van der Waals surface area contributed by atoms with Gasteiger partial charge in [0, 0.05) is 38.4 Å². The molecule has 1 aliphatic rings. The van der Waals surface area contributed by atoms with Crippen molar-refractivity contribution in [3.63, 3.8) is 0 Å². The van der Waals surface area contributed by atoms with Gasteiger partial charge in [0.2, 0.25) is 0 Å². The van der Waals surface area contributed by atoms with Gasteiger partial charge in [-0.05, 0) is 31.0 Å². The van der Waals surface area contributed by atoms with E-state index in [2.05, 4.69) is 60.5 Å². The van der Waals surface area contributed by atoms with Crippen LogP contribution < -0.4 is 10.2 Å². The molecule has 0 radical (unpaired) electrons. The molecule has 4 heteroatoms. The molecule has 1 fully saturated rings. The Hall–Kier alpha value is -2.49. The Balaban J connectivity index is 1.51. The first-order valence-corrected chi connectivity index (χ1v) is 8.52.